The number of aliphatic hydroxyl groups is 1. The Kier molecular flexibility index (Phi) is 9.60. The fourth-order valence-electron chi connectivity index (χ4n) is 1.63. The second-order valence-corrected chi connectivity index (χ2v) is 4.21. The summed E-state index contributed by atoms with van der Waals surface area (Å²) in [5.41, 5.74) is 0.851. The molecule has 1 rings (SSSR count). The Morgan fingerprint density at radius 2 is 2.00 bits per heavy atom. The predicted octanol–water partition coefficient (Wildman–Crippen LogP) is 1.72. The SMILES string of the molecule is COc1ccc(CNC(CF)C(O)CC(=O)OF)cc1.Cl. The van der Waals surface area contributed by atoms with Gasteiger partial charge in [0.25, 0.3) is 0 Å². The van der Waals surface area contributed by atoms with Crippen molar-refractivity contribution in [1.82, 2.24) is 5.32 Å². The number of rotatable bonds is 8. The van der Waals surface area contributed by atoms with Crippen LogP contribution in [0.3, 0.4) is 0 Å². The van der Waals surface area contributed by atoms with Crippen molar-refractivity contribution < 1.29 is 28.5 Å². The predicted molar refractivity (Wildman–Crippen MR) is 74.7 cm³/mol. The van der Waals surface area contributed by atoms with E-state index in [-0.39, 0.29) is 12.4 Å². The first-order valence-corrected chi connectivity index (χ1v) is 6.02. The third-order valence-electron chi connectivity index (χ3n) is 2.82. The molecule has 0 saturated heterocycles. The first-order valence-electron chi connectivity index (χ1n) is 6.02. The van der Waals surface area contributed by atoms with Crippen LogP contribution in [0, 0.1) is 0 Å². The van der Waals surface area contributed by atoms with Crippen molar-refractivity contribution in [2.45, 2.75) is 25.1 Å². The molecule has 2 atom stereocenters. The minimum absolute atomic E-state index is 0. The molecule has 21 heavy (non-hydrogen) atoms. The number of halogens is 3. The van der Waals surface area contributed by atoms with E-state index in [0.29, 0.717) is 12.3 Å². The van der Waals surface area contributed by atoms with Crippen LogP contribution in [0.5, 0.6) is 5.75 Å². The summed E-state index contributed by atoms with van der Waals surface area (Å²) in [6.07, 6.45) is -1.97. The molecule has 0 aliphatic heterocycles. The Morgan fingerprint density at radius 1 is 1.38 bits per heavy atom. The number of hydrogen-bond donors (Lipinski definition) is 2. The molecule has 5 nitrogen and oxygen atoms in total. The Labute approximate surface area is 127 Å². The molecule has 0 amide bonds. The van der Waals surface area contributed by atoms with Gasteiger partial charge in [-0.2, -0.15) is 0 Å². The highest BCUT2D eigenvalue weighted by Crippen LogP contribution is 2.11. The third-order valence-corrected chi connectivity index (χ3v) is 2.82. The Morgan fingerprint density at radius 3 is 2.48 bits per heavy atom. The van der Waals surface area contributed by atoms with Gasteiger partial charge >= 0.3 is 5.97 Å². The van der Waals surface area contributed by atoms with Gasteiger partial charge in [0.15, 0.2) is 0 Å². The van der Waals surface area contributed by atoms with E-state index < -0.39 is 31.2 Å². The molecule has 2 N–H and O–H groups in total. The standard InChI is InChI=1S/C13H17F2NO4.ClH/c1-19-10-4-2-9(3-5-10)8-16-11(7-14)12(17)6-13(18)20-15;/h2-5,11-12,16-17H,6-8H2,1H3;1H. The van der Waals surface area contributed by atoms with Crippen LogP contribution in [-0.4, -0.2) is 37.0 Å². The number of methoxy groups -OCH3 is 1. The first kappa shape index (κ1) is 19.6. The maximum absolute atomic E-state index is 12.8. The molecule has 2 unspecified atom stereocenters. The second-order valence-electron chi connectivity index (χ2n) is 4.21. The van der Waals surface area contributed by atoms with Gasteiger partial charge < -0.3 is 15.2 Å². The Hall–Kier alpha value is -1.44. The molecule has 0 spiro atoms. The molecule has 1 aromatic carbocycles. The molecule has 120 valence electrons. The van der Waals surface area contributed by atoms with Gasteiger partial charge in [0.05, 0.1) is 25.7 Å². The Bertz CT molecular complexity index is 419. The number of carbonyl (C=O) groups is 1. The highest BCUT2D eigenvalue weighted by atomic mass is 35.5. The van der Waals surface area contributed by atoms with Crippen molar-refractivity contribution >= 4 is 18.4 Å². The van der Waals surface area contributed by atoms with Gasteiger partial charge in [0.2, 0.25) is 0 Å². The molecular formula is C13H18ClF2NO4. The summed E-state index contributed by atoms with van der Waals surface area (Å²) in [4.78, 5) is 13.6. The van der Waals surface area contributed by atoms with E-state index in [1.165, 1.54) is 0 Å². The molecule has 1 aromatic rings. The van der Waals surface area contributed by atoms with Gasteiger partial charge in [-0.25, -0.2) is 9.18 Å². The average molecular weight is 326 g/mol. The van der Waals surface area contributed by atoms with Crippen molar-refractivity contribution in [2.24, 2.45) is 0 Å². The number of alkyl halides is 1. The number of benzene rings is 1. The van der Waals surface area contributed by atoms with Gasteiger partial charge in [0, 0.05) is 11.1 Å². The summed E-state index contributed by atoms with van der Waals surface area (Å²) in [5.74, 6) is -0.538. The van der Waals surface area contributed by atoms with Crippen LogP contribution in [0.25, 0.3) is 0 Å². The average Bonchev–Trinajstić information content (AvgIpc) is 2.48. The zero-order valence-electron chi connectivity index (χ0n) is 11.4. The second kappa shape index (κ2) is 10.3. The van der Waals surface area contributed by atoms with Crippen molar-refractivity contribution in [2.75, 3.05) is 13.8 Å². The molecule has 0 heterocycles. The summed E-state index contributed by atoms with van der Waals surface area (Å²) in [6, 6.07) is 6.08. The number of ether oxygens (including phenoxy) is 1. The van der Waals surface area contributed by atoms with Crippen LogP contribution in [-0.2, 0) is 16.3 Å². The van der Waals surface area contributed by atoms with Crippen molar-refractivity contribution in [3.63, 3.8) is 0 Å². The van der Waals surface area contributed by atoms with Gasteiger partial charge in [-0.15, -0.1) is 12.4 Å². The minimum atomic E-state index is -1.36. The first-order chi connectivity index (χ1) is 9.60. The fraction of sp³-hybridized carbons (Fsp3) is 0.462. The quantitative estimate of drug-likeness (QED) is 0.762. The van der Waals surface area contributed by atoms with Crippen LogP contribution < -0.4 is 10.1 Å². The van der Waals surface area contributed by atoms with Crippen LogP contribution >= 0.6 is 12.4 Å². The molecule has 8 heteroatoms. The summed E-state index contributed by atoms with van der Waals surface area (Å²) in [7, 11) is 1.55. The van der Waals surface area contributed by atoms with Gasteiger partial charge in [0.1, 0.15) is 12.4 Å². The fourth-order valence-corrected chi connectivity index (χ4v) is 1.63. The van der Waals surface area contributed by atoms with E-state index in [1.54, 1.807) is 31.4 Å². The molecule has 0 saturated carbocycles. The lowest BCUT2D eigenvalue weighted by Gasteiger charge is -2.20. The van der Waals surface area contributed by atoms with Gasteiger partial charge in [-0.1, -0.05) is 12.1 Å². The van der Waals surface area contributed by atoms with E-state index in [2.05, 4.69) is 10.3 Å². The minimum Gasteiger partial charge on any atom is -0.497 e. The van der Waals surface area contributed by atoms with E-state index in [0.717, 1.165) is 5.56 Å². The van der Waals surface area contributed by atoms with Gasteiger partial charge in [-0.3, -0.25) is 4.94 Å². The highest BCUT2D eigenvalue weighted by Gasteiger charge is 2.22. The number of aliphatic hydroxyl groups excluding tert-OH is 1. The molecule has 0 aliphatic carbocycles. The van der Waals surface area contributed by atoms with Crippen LogP contribution in [0.15, 0.2) is 24.3 Å². The molecule has 0 bridgehead atoms. The third kappa shape index (κ3) is 6.70. The van der Waals surface area contributed by atoms with Crippen molar-refractivity contribution in [3.05, 3.63) is 29.8 Å². The normalized spacial score (nSPS) is 13.0. The lowest BCUT2D eigenvalue weighted by Crippen LogP contribution is -2.42. The van der Waals surface area contributed by atoms with Crippen LogP contribution in [0.4, 0.5) is 8.92 Å². The lowest BCUT2D eigenvalue weighted by atomic mass is 10.1. The molecule has 0 aromatic heterocycles. The van der Waals surface area contributed by atoms with E-state index in [4.69, 9.17) is 4.74 Å². The zero-order valence-corrected chi connectivity index (χ0v) is 12.2. The number of nitrogens with one attached hydrogen (secondary N) is 1. The molecule has 0 radical (unpaired) electrons. The van der Waals surface area contributed by atoms with Crippen LogP contribution in [0.1, 0.15) is 12.0 Å². The highest BCUT2D eigenvalue weighted by molar-refractivity contribution is 5.85. The van der Waals surface area contributed by atoms with Crippen molar-refractivity contribution in [1.29, 1.82) is 0 Å². The summed E-state index contributed by atoms with van der Waals surface area (Å²) < 4.78 is 29.3. The van der Waals surface area contributed by atoms with Gasteiger partial charge in [-0.05, 0) is 17.7 Å². The monoisotopic (exact) mass is 325 g/mol. The molecular weight excluding hydrogens is 308 g/mol. The van der Waals surface area contributed by atoms with E-state index in [9.17, 15) is 18.8 Å². The summed E-state index contributed by atoms with van der Waals surface area (Å²) in [5, 5.41) is 12.3. The Balaban J connectivity index is 0.00000400. The summed E-state index contributed by atoms with van der Waals surface area (Å²) >= 11 is 0. The molecule has 0 aliphatic rings. The smallest absolute Gasteiger partial charge is 0.351 e. The molecule has 0 fully saturated rings. The maximum atomic E-state index is 12.8. The maximum Gasteiger partial charge on any atom is 0.351 e. The largest absolute Gasteiger partial charge is 0.497 e. The number of carbonyl (C=O) groups excluding carboxylic acids is 1. The number of hydrogen-bond acceptors (Lipinski definition) is 5. The lowest BCUT2D eigenvalue weighted by molar-refractivity contribution is -0.186. The topological polar surface area (TPSA) is 67.8 Å². The summed E-state index contributed by atoms with van der Waals surface area (Å²) in [6.45, 7) is -0.600. The zero-order chi connectivity index (χ0) is 15.0. The van der Waals surface area contributed by atoms with E-state index >= 15 is 0 Å². The van der Waals surface area contributed by atoms with Crippen LogP contribution in [0.2, 0.25) is 0 Å². The van der Waals surface area contributed by atoms with Crippen molar-refractivity contribution in [3.8, 4) is 5.75 Å². The van der Waals surface area contributed by atoms with E-state index in [1.807, 2.05) is 0 Å².